The van der Waals surface area contributed by atoms with Crippen LogP contribution in [0.4, 0.5) is 5.69 Å². The van der Waals surface area contributed by atoms with E-state index in [0.29, 0.717) is 10.7 Å². The molecule has 106 valence electrons. The van der Waals surface area contributed by atoms with Gasteiger partial charge in [-0.1, -0.05) is 29.3 Å². The molecule has 20 heavy (non-hydrogen) atoms. The molecule has 0 aliphatic rings. The lowest BCUT2D eigenvalue weighted by atomic mass is 10.1. The minimum absolute atomic E-state index is 0.0363. The normalized spacial score (nSPS) is 11.4. The van der Waals surface area contributed by atoms with Gasteiger partial charge in [0.05, 0.1) is 5.02 Å². The summed E-state index contributed by atoms with van der Waals surface area (Å²) < 4.78 is 27.2. The van der Waals surface area contributed by atoms with Crippen LogP contribution in [0.25, 0.3) is 0 Å². The molecule has 0 aromatic heterocycles. The number of aryl methyl sites for hydroxylation is 2. The van der Waals surface area contributed by atoms with Crippen molar-refractivity contribution >= 4 is 38.9 Å². The van der Waals surface area contributed by atoms with Crippen LogP contribution in [-0.2, 0) is 10.0 Å². The summed E-state index contributed by atoms with van der Waals surface area (Å²) in [7, 11) is -3.77. The van der Waals surface area contributed by atoms with Crippen LogP contribution in [0.15, 0.2) is 41.3 Å². The lowest BCUT2D eigenvalue weighted by molar-refractivity contribution is 0.601. The van der Waals surface area contributed by atoms with Crippen molar-refractivity contribution in [3.63, 3.8) is 0 Å². The molecule has 0 bridgehead atoms. The van der Waals surface area contributed by atoms with Crippen molar-refractivity contribution in [3.8, 4) is 0 Å². The lowest BCUT2D eigenvalue weighted by Gasteiger charge is -2.11. The molecular weight excluding hydrogens is 317 g/mol. The van der Waals surface area contributed by atoms with Crippen LogP contribution < -0.4 is 4.72 Å². The van der Waals surface area contributed by atoms with E-state index < -0.39 is 10.0 Å². The number of rotatable bonds is 3. The zero-order valence-corrected chi connectivity index (χ0v) is 13.3. The highest BCUT2D eigenvalue weighted by molar-refractivity contribution is 7.92. The summed E-state index contributed by atoms with van der Waals surface area (Å²) >= 11 is 11.8. The summed E-state index contributed by atoms with van der Waals surface area (Å²) in [4.78, 5) is -0.0363. The quantitative estimate of drug-likeness (QED) is 0.906. The first-order valence-electron chi connectivity index (χ1n) is 5.84. The molecule has 0 radical (unpaired) electrons. The SMILES string of the molecule is Cc1cc(C)cc(NS(=O)(=O)c2cc(Cl)ccc2Cl)c1. The van der Waals surface area contributed by atoms with E-state index in [0.717, 1.165) is 11.1 Å². The van der Waals surface area contributed by atoms with E-state index >= 15 is 0 Å². The van der Waals surface area contributed by atoms with Gasteiger partial charge in [0, 0.05) is 10.7 Å². The van der Waals surface area contributed by atoms with Gasteiger partial charge in [0.25, 0.3) is 10.0 Å². The highest BCUT2D eigenvalue weighted by atomic mass is 35.5. The van der Waals surface area contributed by atoms with Crippen molar-refractivity contribution in [3.05, 3.63) is 57.6 Å². The predicted molar refractivity (Wildman–Crippen MR) is 83.2 cm³/mol. The molecule has 1 N–H and O–H groups in total. The van der Waals surface area contributed by atoms with Gasteiger partial charge in [0.1, 0.15) is 4.90 Å². The second-order valence-electron chi connectivity index (χ2n) is 4.56. The van der Waals surface area contributed by atoms with E-state index in [1.807, 2.05) is 19.9 Å². The third kappa shape index (κ3) is 3.45. The molecule has 0 atom stereocenters. The topological polar surface area (TPSA) is 46.2 Å². The van der Waals surface area contributed by atoms with E-state index in [-0.39, 0.29) is 9.92 Å². The molecule has 2 aromatic carbocycles. The highest BCUT2D eigenvalue weighted by Gasteiger charge is 2.18. The lowest BCUT2D eigenvalue weighted by Crippen LogP contribution is -2.13. The van der Waals surface area contributed by atoms with Crippen molar-refractivity contribution in [2.75, 3.05) is 4.72 Å². The van der Waals surface area contributed by atoms with Crippen LogP contribution in [0.2, 0.25) is 10.0 Å². The van der Waals surface area contributed by atoms with Gasteiger partial charge in [0.2, 0.25) is 0 Å². The monoisotopic (exact) mass is 329 g/mol. The first-order valence-corrected chi connectivity index (χ1v) is 8.08. The summed E-state index contributed by atoms with van der Waals surface area (Å²) in [6.45, 7) is 3.80. The maximum Gasteiger partial charge on any atom is 0.263 e. The second kappa shape index (κ2) is 5.64. The molecule has 2 rings (SSSR count). The molecular formula is C14H13Cl2NO2S. The minimum atomic E-state index is -3.77. The van der Waals surface area contributed by atoms with E-state index in [4.69, 9.17) is 23.2 Å². The standard InChI is InChI=1S/C14H13Cl2NO2S/c1-9-5-10(2)7-12(6-9)17-20(18,19)14-8-11(15)3-4-13(14)16/h3-8,17H,1-2H3. The summed E-state index contributed by atoms with van der Waals surface area (Å²) in [5.74, 6) is 0. The third-order valence-corrected chi connectivity index (χ3v) is 4.75. The summed E-state index contributed by atoms with van der Waals surface area (Å²) in [6, 6.07) is 9.80. The van der Waals surface area contributed by atoms with E-state index in [2.05, 4.69) is 4.72 Å². The smallest absolute Gasteiger partial charge is 0.263 e. The molecule has 0 aliphatic heterocycles. The summed E-state index contributed by atoms with van der Waals surface area (Å²) in [5, 5.41) is 0.446. The Morgan fingerprint density at radius 2 is 1.55 bits per heavy atom. The average Bonchev–Trinajstić information content (AvgIpc) is 2.30. The molecule has 0 saturated heterocycles. The number of nitrogens with one attached hydrogen (secondary N) is 1. The van der Waals surface area contributed by atoms with E-state index in [1.54, 1.807) is 18.2 Å². The molecule has 0 heterocycles. The zero-order valence-electron chi connectivity index (χ0n) is 10.9. The van der Waals surface area contributed by atoms with Gasteiger partial charge in [-0.05, 0) is 55.3 Å². The maximum atomic E-state index is 12.3. The van der Waals surface area contributed by atoms with Crippen molar-refractivity contribution in [2.45, 2.75) is 18.7 Å². The first-order chi connectivity index (χ1) is 9.28. The fourth-order valence-corrected chi connectivity index (χ4v) is 3.73. The molecule has 0 aliphatic carbocycles. The van der Waals surface area contributed by atoms with Crippen molar-refractivity contribution < 1.29 is 8.42 Å². The van der Waals surface area contributed by atoms with E-state index in [9.17, 15) is 8.42 Å². The molecule has 3 nitrogen and oxygen atoms in total. The first kappa shape index (κ1) is 15.2. The Morgan fingerprint density at radius 1 is 0.950 bits per heavy atom. The van der Waals surface area contributed by atoms with Gasteiger partial charge in [-0.25, -0.2) is 8.42 Å². The maximum absolute atomic E-state index is 12.3. The van der Waals surface area contributed by atoms with Crippen LogP contribution in [0.5, 0.6) is 0 Å². The van der Waals surface area contributed by atoms with Gasteiger partial charge in [-0.15, -0.1) is 0 Å². The molecule has 0 fully saturated rings. The Labute approximate surface area is 128 Å². The van der Waals surface area contributed by atoms with Crippen LogP contribution >= 0.6 is 23.2 Å². The number of anilines is 1. The molecule has 0 saturated carbocycles. The second-order valence-corrected chi connectivity index (χ2v) is 7.05. The van der Waals surface area contributed by atoms with Gasteiger partial charge < -0.3 is 0 Å². The van der Waals surface area contributed by atoms with Crippen LogP contribution in [0, 0.1) is 13.8 Å². The van der Waals surface area contributed by atoms with E-state index in [1.165, 1.54) is 12.1 Å². The van der Waals surface area contributed by atoms with Gasteiger partial charge in [-0.2, -0.15) is 0 Å². The Bertz CT molecular complexity index is 738. The minimum Gasteiger partial charge on any atom is -0.280 e. The largest absolute Gasteiger partial charge is 0.280 e. The summed E-state index contributed by atoms with van der Waals surface area (Å²) in [6.07, 6.45) is 0. The highest BCUT2D eigenvalue weighted by Crippen LogP contribution is 2.27. The molecule has 0 spiro atoms. The Kier molecular flexibility index (Phi) is 4.28. The summed E-state index contributed by atoms with van der Waals surface area (Å²) in [5.41, 5.74) is 2.44. The molecule has 6 heteroatoms. The number of hydrogen-bond donors (Lipinski definition) is 1. The number of sulfonamides is 1. The zero-order chi connectivity index (χ0) is 14.9. The van der Waals surface area contributed by atoms with Gasteiger partial charge >= 0.3 is 0 Å². The van der Waals surface area contributed by atoms with Gasteiger partial charge in [0.15, 0.2) is 0 Å². The van der Waals surface area contributed by atoms with Crippen LogP contribution in [0.3, 0.4) is 0 Å². The molecule has 0 unspecified atom stereocenters. The molecule has 0 amide bonds. The van der Waals surface area contributed by atoms with Gasteiger partial charge in [-0.3, -0.25) is 4.72 Å². The number of hydrogen-bond acceptors (Lipinski definition) is 2. The average molecular weight is 330 g/mol. The number of halogens is 2. The predicted octanol–water partition coefficient (Wildman–Crippen LogP) is 4.41. The Hall–Kier alpha value is -1.23. The van der Waals surface area contributed by atoms with Crippen LogP contribution in [-0.4, -0.2) is 8.42 Å². The van der Waals surface area contributed by atoms with Crippen molar-refractivity contribution in [1.82, 2.24) is 0 Å². The Morgan fingerprint density at radius 3 is 2.15 bits per heavy atom. The Balaban J connectivity index is 2.43. The van der Waals surface area contributed by atoms with Crippen LogP contribution in [0.1, 0.15) is 11.1 Å². The molecule has 2 aromatic rings. The third-order valence-electron chi connectivity index (χ3n) is 2.66. The number of benzene rings is 2. The fourth-order valence-electron chi connectivity index (χ4n) is 1.93. The van der Waals surface area contributed by atoms with Crippen molar-refractivity contribution in [1.29, 1.82) is 0 Å². The van der Waals surface area contributed by atoms with Crippen molar-refractivity contribution in [2.24, 2.45) is 0 Å². The fraction of sp³-hybridized carbons (Fsp3) is 0.143.